The predicted molar refractivity (Wildman–Crippen MR) is 140 cm³/mol. The van der Waals surface area contributed by atoms with E-state index in [4.69, 9.17) is 0 Å². The number of carbonyl (C=O) groups is 3. The minimum absolute atomic E-state index is 0.00295. The van der Waals surface area contributed by atoms with E-state index in [0.717, 1.165) is 10.5 Å². The molecule has 1 aliphatic carbocycles. The first kappa shape index (κ1) is 27.2. The Morgan fingerprint density at radius 1 is 1.18 bits per heavy atom. The molecule has 4 heterocycles. The smallest absolute Gasteiger partial charge is 0.311 e. The molecule has 3 aliphatic heterocycles. The van der Waals surface area contributed by atoms with Gasteiger partial charge in [0, 0.05) is 32.6 Å². The Morgan fingerprint density at radius 2 is 1.90 bits per heavy atom. The molecule has 12 nitrogen and oxygen atoms in total. The highest BCUT2D eigenvalue weighted by molar-refractivity contribution is 6.35. The van der Waals surface area contributed by atoms with Crippen molar-refractivity contribution in [3.05, 3.63) is 68.8 Å². The van der Waals surface area contributed by atoms with E-state index in [2.05, 4.69) is 25.8 Å². The molecule has 0 unspecified atom stereocenters. The van der Waals surface area contributed by atoms with E-state index in [1.165, 1.54) is 30.8 Å². The summed E-state index contributed by atoms with van der Waals surface area (Å²) in [6.07, 6.45) is 3.43. The van der Waals surface area contributed by atoms with Gasteiger partial charge in [-0.3, -0.25) is 23.7 Å². The van der Waals surface area contributed by atoms with Crippen LogP contribution in [0.2, 0.25) is 0 Å². The lowest BCUT2D eigenvalue weighted by atomic mass is 9.65. The zero-order chi connectivity index (χ0) is 28.8. The molecule has 2 bridgehead atoms. The van der Waals surface area contributed by atoms with Gasteiger partial charge < -0.3 is 20.6 Å². The van der Waals surface area contributed by atoms with Gasteiger partial charge in [0.05, 0.1) is 18.3 Å². The van der Waals surface area contributed by atoms with Crippen LogP contribution in [-0.4, -0.2) is 57.9 Å². The maximum absolute atomic E-state index is 13.6. The third-order valence-electron chi connectivity index (χ3n) is 8.16. The lowest BCUT2D eigenvalue weighted by molar-refractivity contribution is -0.145. The van der Waals surface area contributed by atoms with Crippen molar-refractivity contribution in [2.75, 3.05) is 20.6 Å². The lowest BCUT2D eigenvalue weighted by Gasteiger charge is -2.42. The van der Waals surface area contributed by atoms with Crippen molar-refractivity contribution in [1.29, 1.82) is 0 Å². The van der Waals surface area contributed by atoms with E-state index in [-0.39, 0.29) is 24.7 Å². The molecule has 0 spiro atoms. The second-order valence-electron chi connectivity index (χ2n) is 10.9. The molecule has 1 aromatic heterocycles. The van der Waals surface area contributed by atoms with Crippen LogP contribution >= 0.6 is 0 Å². The quantitative estimate of drug-likeness (QED) is 0.480. The molecule has 6 rings (SSSR count). The SMILES string of the molecule is Cc1cc(CNC(=O)c2nc3n(c(=O)c2O)CC2(C4=CN=NC4)CCC3(NC(=O)C(=O)N(C)C)CC2)ccc1F. The molecular formula is C27H30FN7O5. The normalized spacial score (nSPS) is 22.8. The number of hydrogen-bond acceptors (Lipinski definition) is 8. The van der Waals surface area contributed by atoms with Crippen molar-refractivity contribution in [2.24, 2.45) is 15.6 Å². The number of nitrogens with one attached hydrogen (secondary N) is 2. The maximum atomic E-state index is 13.6. The third-order valence-corrected chi connectivity index (χ3v) is 8.16. The van der Waals surface area contributed by atoms with Crippen molar-refractivity contribution in [3.63, 3.8) is 0 Å². The van der Waals surface area contributed by atoms with Crippen LogP contribution in [0.1, 0.15) is 53.1 Å². The van der Waals surface area contributed by atoms with E-state index in [1.54, 1.807) is 19.2 Å². The highest BCUT2D eigenvalue weighted by Crippen LogP contribution is 2.53. The standard InChI is InChI=1S/C27H30FN7O5/c1-15-10-16(4-5-18(15)28)11-29-21(37)19-20(36)23(39)35-14-26(17-12-30-31-13-17)6-8-27(9-7-26,25(35)32-19)33-22(38)24(40)34(2)3/h4-5,10,12,36H,6-9,11,13-14H2,1-3H3,(H,29,37)(H,33,38). The summed E-state index contributed by atoms with van der Waals surface area (Å²) >= 11 is 0. The van der Waals surface area contributed by atoms with Crippen LogP contribution in [0, 0.1) is 18.2 Å². The summed E-state index contributed by atoms with van der Waals surface area (Å²) in [6.45, 7) is 2.13. The average molecular weight is 552 g/mol. The van der Waals surface area contributed by atoms with Crippen LogP contribution in [0.25, 0.3) is 0 Å². The van der Waals surface area contributed by atoms with Gasteiger partial charge in [-0.05, 0) is 55.4 Å². The van der Waals surface area contributed by atoms with Gasteiger partial charge >= 0.3 is 11.8 Å². The molecule has 3 amide bonds. The number of halogens is 1. The first-order valence-electron chi connectivity index (χ1n) is 12.9. The van der Waals surface area contributed by atoms with E-state index < -0.39 is 45.7 Å². The summed E-state index contributed by atoms with van der Waals surface area (Å²) in [7, 11) is 2.91. The number of rotatable bonds is 5. The van der Waals surface area contributed by atoms with Crippen LogP contribution < -0.4 is 16.2 Å². The van der Waals surface area contributed by atoms with Crippen molar-refractivity contribution in [2.45, 2.75) is 51.2 Å². The van der Waals surface area contributed by atoms with Gasteiger partial charge in [0.25, 0.3) is 11.5 Å². The molecule has 0 atom stereocenters. The summed E-state index contributed by atoms with van der Waals surface area (Å²) in [5.41, 5.74) is -1.11. The van der Waals surface area contributed by atoms with Gasteiger partial charge in [0.2, 0.25) is 5.75 Å². The number of aromatic hydroxyl groups is 1. The zero-order valence-corrected chi connectivity index (χ0v) is 22.5. The molecule has 1 fully saturated rings. The fourth-order valence-electron chi connectivity index (χ4n) is 5.79. The fraction of sp³-hybridized carbons (Fsp3) is 0.444. The summed E-state index contributed by atoms with van der Waals surface area (Å²) in [5, 5.41) is 24.4. The lowest BCUT2D eigenvalue weighted by Crippen LogP contribution is -2.54. The Labute approximate surface area is 229 Å². The van der Waals surface area contributed by atoms with E-state index in [1.807, 2.05) is 0 Å². The number of likely N-dealkylation sites (N-methyl/N-ethyl adjacent to an activating group) is 1. The summed E-state index contributed by atoms with van der Waals surface area (Å²) in [4.78, 5) is 57.8. The number of aryl methyl sites for hydroxylation is 1. The van der Waals surface area contributed by atoms with Gasteiger partial charge in [-0.1, -0.05) is 12.1 Å². The van der Waals surface area contributed by atoms with Crippen molar-refractivity contribution >= 4 is 17.7 Å². The average Bonchev–Trinajstić information content (AvgIpc) is 3.40. The fourth-order valence-corrected chi connectivity index (χ4v) is 5.79. The molecule has 3 N–H and O–H groups in total. The second-order valence-corrected chi connectivity index (χ2v) is 10.9. The minimum Gasteiger partial charge on any atom is -0.501 e. The highest BCUT2D eigenvalue weighted by atomic mass is 19.1. The summed E-state index contributed by atoms with van der Waals surface area (Å²) < 4.78 is 14.9. The van der Waals surface area contributed by atoms with Gasteiger partial charge in [-0.25, -0.2) is 9.37 Å². The van der Waals surface area contributed by atoms with E-state index >= 15 is 0 Å². The molecule has 4 aliphatic rings. The van der Waals surface area contributed by atoms with Crippen LogP contribution in [0.3, 0.4) is 0 Å². The van der Waals surface area contributed by atoms with Gasteiger partial charge in [0.1, 0.15) is 11.6 Å². The first-order chi connectivity index (χ1) is 19.0. The summed E-state index contributed by atoms with van der Waals surface area (Å²) in [5.74, 6) is -3.55. The number of amides is 3. The van der Waals surface area contributed by atoms with Crippen LogP contribution in [0.15, 0.2) is 45.0 Å². The maximum Gasteiger partial charge on any atom is 0.311 e. The van der Waals surface area contributed by atoms with Crippen LogP contribution in [0.4, 0.5) is 4.39 Å². The molecule has 0 radical (unpaired) electrons. The zero-order valence-electron chi connectivity index (χ0n) is 22.5. The van der Waals surface area contributed by atoms with E-state index in [9.17, 15) is 28.7 Å². The second kappa shape index (κ2) is 9.96. The van der Waals surface area contributed by atoms with Crippen molar-refractivity contribution in [1.82, 2.24) is 25.1 Å². The number of hydrogen-bond donors (Lipinski definition) is 3. The number of fused-ring (bicyclic) bond motifs is 2. The Bertz CT molecular complexity index is 1540. The van der Waals surface area contributed by atoms with Crippen molar-refractivity contribution in [3.8, 4) is 5.75 Å². The summed E-state index contributed by atoms with van der Waals surface area (Å²) in [6, 6.07) is 4.38. The molecule has 0 saturated heterocycles. The Hall–Kier alpha value is -4.42. The van der Waals surface area contributed by atoms with E-state index in [0.29, 0.717) is 43.4 Å². The molecule has 1 aromatic carbocycles. The third kappa shape index (κ3) is 4.54. The largest absolute Gasteiger partial charge is 0.501 e. The number of carbonyl (C=O) groups excluding carboxylic acids is 3. The molecule has 13 heteroatoms. The van der Waals surface area contributed by atoms with Gasteiger partial charge in [-0.15, -0.1) is 0 Å². The number of aromatic nitrogens is 2. The van der Waals surface area contributed by atoms with Gasteiger partial charge in [-0.2, -0.15) is 10.2 Å². The topological polar surface area (TPSA) is 158 Å². The molecule has 210 valence electrons. The Balaban J connectivity index is 1.55. The monoisotopic (exact) mass is 551 g/mol. The van der Waals surface area contributed by atoms with Gasteiger partial charge in [0.15, 0.2) is 5.69 Å². The first-order valence-corrected chi connectivity index (χ1v) is 12.9. The minimum atomic E-state index is -1.23. The number of azo groups is 1. The number of benzene rings is 1. The van der Waals surface area contributed by atoms with Crippen molar-refractivity contribution < 1.29 is 23.9 Å². The number of nitrogens with zero attached hydrogens (tertiary/aromatic N) is 5. The predicted octanol–water partition coefficient (Wildman–Crippen LogP) is 1.65. The Morgan fingerprint density at radius 3 is 2.52 bits per heavy atom. The molecule has 1 saturated carbocycles. The van der Waals surface area contributed by atoms with Crippen LogP contribution in [0.5, 0.6) is 5.75 Å². The molecule has 2 aromatic rings. The molecule has 40 heavy (non-hydrogen) atoms. The Kier molecular flexibility index (Phi) is 6.76. The molecular weight excluding hydrogens is 521 g/mol. The van der Waals surface area contributed by atoms with Crippen LogP contribution in [-0.2, 0) is 28.2 Å². The highest BCUT2D eigenvalue weighted by Gasteiger charge is 2.53.